The number of hydrogen-bond donors (Lipinski definition) is 1. The van der Waals surface area contributed by atoms with Crippen molar-refractivity contribution in [2.75, 3.05) is 18.0 Å². The normalized spacial score (nSPS) is 20.3. The lowest BCUT2D eigenvalue weighted by atomic mass is 10.1. The molecule has 0 aromatic heterocycles. The molecular weight excluding hydrogens is 238 g/mol. The molecule has 0 amide bonds. The van der Waals surface area contributed by atoms with Crippen LogP contribution >= 0.6 is 0 Å². The smallest absolute Gasteiger partial charge is 0.387 e. The molecule has 0 spiro atoms. The maximum Gasteiger partial charge on any atom is 0.387 e. The zero-order chi connectivity index (χ0) is 13.1. The second kappa shape index (κ2) is 5.52. The number of benzene rings is 1. The van der Waals surface area contributed by atoms with Crippen molar-refractivity contribution in [1.29, 1.82) is 0 Å². The summed E-state index contributed by atoms with van der Waals surface area (Å²) in [4.78, 5) is 2.19. The highest BCUT2D eigenvalue weighted by atomic mass is 19.3. The summed E-state index contributed by atoms with van der Waals surface area (Å²) in [7, 11) is 0. The third-order valence-corrected chi connectivity index (χ3v) is 3.20. The van der Waals surface area contributed by atoms with Crippen LogP contribution in [0.5, 0.6) is 5.75 Å². The number of ether oxygens (including phenoxy) is 1. The van der Waals surface area contributed by atoms with Crippen molar-refractivity contribution in [2.45, 2.75) is 32.4 Å². The Balaban J connectivity index is 2.12. The van der Waals surface area contributed by atoms with Crippen LogP contribution in [0.4, 0.5) is 14.5 Å². The van der Waals surface area contributed by atoms with Crippen LogP contribution in [0.1, 0.15) is 18.4 Å². The van der Waals surface area contributed by atoms with Crippen LogP contribution in [0.2, 0.25) is 0 Å². The van der Waals surface area contributed by atoms with Crippen LogP contribution in [0.15, 0.2) is 18.2 Å². The second-order valence-corrected chi connectivity index (χ2v) is 4.68. The molecule has 3 nitrogen and oxygen atoms in total. The van der Waals surface area contributed by atoms with Gasteiger partial charge in [-0.05, 0) is 43.5 Å². The van der Waals surface area contributed by atoms with Crippen LogP contribution in [-0.4, -0.2) is 25.7 Å². The lowest BCUT2D eigenvalue weighted by molar-refractivity contribution is -0.0502. The van der Waals surface area contributed by atoms with E-state index in [1.165, 1.54) is 0 Å². The number of nitrogens with two attached hydrogens (primary N) is 1. The van der Waals surface area contributed by atoms with Crippen molar-refractivity contribution in [3.8, 4) is 5.75 Å². The molecule has 1 aromatic carbocycles. The number of nitrogens with zero attached hydrogens (tertiary/aromatic N) is 1. The topological polar surface area (TPSA) is 38.5 Å². The maximum atomic E-state index is 12.2. The van der Waals surface area contributed by atoms with E-state index >= 15 is 0 Å². The fraction of sp³-hybridized carbons (Fsp3) is 0.538. The fourth-order valence-electron chi connectivity index (χ4n) is 2.30. The average molecular weight is 256 g/mol. The molecule has 0 saturated carbocycles. The van der Waals surface area contributed by atoms with Crippen molar-refractivity contribution < 1.29 is 13.5 Å². The van der Waals surface area contributed by atoms with Gasteiger partial charge in [-0.1, -0.05) is 0 Å². The van der Waals surface area contributed by atoms with Crippen LogP contribution in [0.3, 0.4) is 0 Å². The molecule has 1 aliphatic rings. The number of aryl methyl sites for hydroxylation is 1. The Labute approximate surface area is 106 Å². The molecule has 1 aliphatic heterocycles. The summed E-state index contributed by atoms with van der Waals surface area (Å²) in [6, 6.07) is 5.46. The summed E-state index contributed by atoms with van der Waals surface area (Å²) in [6.07, 6.45) is 2.11. The summed E-state index contributed by atoms with van der Waals surface area (Å²) < 4.78 is 28.7. The van der Waals surface area contributed by atoms with E-state index in [0.717, 1.165) is 31.6 Å². The van der Waals surface area contributed by atoms with Crippen molar-refractivity contribution >= 4 is 5.69 Å². The molecule has 5 heteroatoms. The average Bonchev–Trinajstić information content (AvgIpc) is 2.31. The largest absolute Gasteiger partial charge is 0.435 e. The number of hydrogen-bond acceptors (Lipinski definition) is 3. The molecule has 1 atom stereocenters. The van der Waals surface area contributed by atoms with Gasteiger partial charge in [0.2, 0.25) is 0 Å². The number of rotatable bonds is 3. The first-order chi connectivity index (χ1) is 8.56. The lowest BCUT2D eigenvalue weighted by Crippen LogP contribution is -2.42. The number of anilines is 1. The molecule has 100 valence electrons. The van der Waals surface area contributed by atoms with Gasteiger partial charge in [-0.2, -0.15) is 8.78 Å². The first kappa shape index (κ1) is 13.1. The molecule has 0 bridgehead atoms. The highest BCUT2D eigenvalue weighted by Gasteiger charge is 2.17. The fourth-order valence-corrected chi connectivity index (χ4v) is 2.30. The standard InChI is InChI=1S/C13H18F2N2O/c1-9-7-11(4-5-12(9)18-13(14)15)17-6-2-3-10(16)8-17/h4-5,7,10,13H,2-3,6,8,16H2,1H3. The summed E-state index contributed by atoms with van der Waals surface area (Å²) in [5.74, 6) is 0.232. The van der Waals surface area contributed by atoms with Gasteiger partial charge in [0.25, 0.3) is 0 Å². The minimum Gasteiger partial charge on any atom is -0.435 e. The van der Waals surface area contributed by atoms with Crippen molar-refractivity contribution in [3.05, 3.63) is 23.8 Å². The Morgan fingerprint density at radius 1 is 1.44 bits per heavy atom. The van der Waals surface area contributed by atoms with E-state index in [-0.39, 0.29) is 11.8 Å². The van der Waals surface area contributed by atoms with E-state index in [0.29, 0.717) is 5.56 Å². The Morgan fingerprint density at radius 3 is 2.83 bits per heavy atom. The lowest BCUT2D eigenvalue weighted by Gasteiger charge is -2.33. The van der Waals surface area contributed by atoms with Crippen LogP contribution < -0.4 is 15.4 Å². The summed E-state index contributed by atoms with van der Waals surface area (Å²) >= 11 is 0. The van der Waals surface area contributed by atoms with Crippen LogP contribution in [-0.2, 0) is 0 Å². The molecule has 18 heavy (non-hydrogen) atoms. The van der Waals surface area contributed by atoms with Gasteiger partial charge in [0, 0.05) is 24.8 Å². The SMILES string of the molecule is Cc1cc(N2CCCC(N)C2)ccc1OC(F)F. The van der Waals surface area contributed by atoms with Crippen molar-refractivity contribution in [3.63, 3.8) is 0 Å². The van der Waals surface area contributed by atoms with Gasteiger partial charge in [0.15, 0.2) is 0 Å². The molecule has 0 radical (unpaired) electrons. The van der Waals surface area contributed by atoms with Gasteiger partial charge in [-0.3, -0.25) is 0 Å². The summed E-state index contributed by atoms with van der Waals surface area (Å²) in [6.45, 7) is 0.764. The predicted octanol–water partition coefficient (Wildman–Crippen LogP) is 2.52. The van der Waals surface area contributed by atoms with Gasteiger partial charge in [-0.25, -0.2) is 0 Å². The number of piperidine rings is 1. The molecule has 1 heterocycles. The number of halogens is 2. The molecule has 1 aromatic rings. The summed E-state index contributed by atoms with van der Waals surface area (Å²) in [5.41, 5.74) is 7.66. The van der Waals surface area contributed by atoms with E-state index in [1.54, 1.807) is 13.0 Å². The first-order valence-corrected chi connectivity index (χ1v) is 6.12. The Hall–Kier alpha value is -1.36. The molecule has 0 aliphatic carbocycles. The van der Waals surface area contributed by atoms with Crippen LogP contribution in [0, 0.1) is 6.92 Å². The Morgan fingerprint density at radius 2 is 2.22 bits per heavy atom. The maximum absolute atomic E-state index is 12.2. The van der Waals surface area contributed by atoms with E-state index in [4.69, 9.17) is 5.73 Å². The Bertz CT molecular complexity index is 412. The third kappa shape index (κ3) is 3.10. The minimum absolute atomic E-state index is 0.191. The van der Waals surface area contributed by atoms with Crippen LogP contribution in [0.25, 0.3) is 0 Å². The highest BCUT2D eigenvalue weighted by Crippen LogP contribution is 2.27. The van der Waals surface area contributed by atoms with Crippen molar-refractivity contribution in [2.24, 2.45) is 5.73 Å². The van der Waals surface area contributed by atoms with Gasteiger partial charge < -0.3 is 15.4 Å². The quantitative estimate of drug-likeness (QED) is 0.903. The van der Waals surface area contributed by atoms with E-state index in [2.05, 4.69) is 9.64 Å². The van der Waals surface area contributed by atoms with Crippen molar-refractivity contribution in [1.82, 2.24) is 0 Å². The van der Waals surface area contributed by atoms with E-state index < -0.39 is 6.61 Å². The first-order valence-electron chi connectivity index (χ1n) is 6.12. The minimum atomic E-state index is -2.78. The number of alkyl halides is 2. The van der Waals surface area contributed by atoms with Gasteiger partial charge in [0.1, 0.15) is 5.75 Å². The van der Waals surface area contributed by atoms with Gasteiger partial charge in [-0.15, -0.1) is 0 Å². The van der Waals surface area contributed by atoms with E-state index in [9.17, 15) is 8.78 Å². The highest BCUT2D eigenvalue weighted by molar-refractivity contribution is 5.53. The predicted molar refractivity (Wildman–Crippen MR) is 67.2 cm³/mol. The second-order valence-electron chi connectivity index (χ2n) is 4.68. The molecule has 2 rings (SSSR count). The monoisotopic (exact) mass is 256 g/mol. The van der Waals surface area contributed by atoms with Gasteiger partial charge in [0.05, 0.1) is 0 Å². The molecule has 2 N–H and O–H groups in total. The zero-order valence-corrected chi connectivity index (χ0v) is 10.4. The molecule has 1 unspecified atom stereocenters. The zero-order valence-electron chi connectivity index (χ0n) is 10.4. The third-order valence-electron chi connectivity index (χ3n) is 3.20. The molecule has 1 fully saturated rings. The molecular formula is C13H18F2N2O. The van der Waals surface area contributed by atoms with E-state index in [1.807, 2.05) is 12.1 Å². The van der Waals surface area contributed by atoms with Gasteiger partial charge >= 0.3 is 6.61 Å². The summed E-state index contributed by atoms with van der Waals surface area (Å²) in [5, 5.41) is 0. The molecule has 1 saturated heterocycles. The Kier molecular flexibility index (Phi) is 4.01.